The van der Waals surface area contributed by atoms with Crippen molar-refractivity contribution in [3.8, 4) is 0 Å². The van der Waals surface area contributed by atoms with Gasteiger partial charge < -0.3 is 10.1 Å². The van der Waals surface area contributed by atoms with Crippen LogP contribution in [0, 0.1) is 0 Å². The molecule has 3 heterocycles. The standard InChI is InChI=1S/C11H13N5O/c1-4-17-7-8(1)9-5-10(16-15-9)14-11-6-12-2-3-13-11/h2-3,5-6,8H,1,4,7H2,(H2,13,14,15,16). The summed E-state index contributed by atoms with van der Waals surface area (Å²) in [6, 6.07) is 1.99. The minimum Gasteiger partial charge on any atom is -0.381 e. The van der Waals surface area contributed by atoms with E-state index in [2.05, 4.69) is 25.5 Å². The van der Waals surface area contributed by atoms with E-state index in [0.29, 0.717) is 11.7 Å². The van der Waals surface area contributed by atoms with Crippen LogP contribution in [0.4, 0.5) is 11.6 Å². The van der Waals surface area contributed by atoms with Crippen LogP contribution in [0.1, 0.15) is 18.0 Å². The van der Waals surface area contributed by atoms with Gasteiger partial charge in [0, 0.05) is 36.7 Å². The Hall–Kier alpha value is -1.95. The quantitative estimate of drug-likeness (QED) is 0.836. The van der Waals surface area contributed by atoms with E-state index in [1.807, 2.05) is 6.07 Å². The molecule has 1 unspecified atom stereocenters. The lowest BCUT2D eigenvalue weighted by molar-refractivity contribution is 0.193. The van der Waals surface area contributed by atoms with Gasteiger partial charge in [-0.15, -0.1) is 0 Å². The Kier molecular flexibility index (Phi) is 2.71. The molecule has 2 aromatic heterocycles. The van der Waals surface area contributed by atoms with Gasteiger partial charge in [-0.2, -0.15) is 5.10 Å². The van der Waals surface area contributed by atoms with E-state index >= 15 is 0 Å². The summed E-state index contributed by atoms with van der Waals surface area (Å²) in [7, 11) is 0. The molecule has 1 aliphatic heterocycles. The lowest BCUT2D eigenvalue weighted by Gasteiger charge is -2.01. The number of rotatable bonds is 3. The Balaban J connectivity index is 1.72. The van der Waals surface area contributed by atoms with Crippen LogP contribution in [-0.2, 0) is 4.74 Å². The summed E-state index contributed by atoms with van der Waals surface area (Å²) in [4.78, 5) is 8.11. The normalized spacial score (nSPS) is 19.4. The fourth-order valence-corrected chi connectivity index (χ4v) is 1.88. The smallest absolute Gasteiger partial charge is 0.153 e. The van der Waals surface area contributed by atoms with Crippen molar-refractivity contribution in [2.75, 3.05) is 18.5 Å². The summed E-state index contributed by atoms with van der Waals surface area (Å²) in [6.07, 6.45) is 5.98. The summed E-state index contributed by atoms with van der Waals surface area (Å²) in [5.74, 6) is 1.88. The molecule has 0 saturated carbocycles. The topological polar surface area (TPSA) is 75.7 Å². The molecule has 0 spiro atoms. The van der Waals surface area contributed by atoms with Crippen LogP contribution in [0.2, 0.25) is 0 Å². The highest BCUT2D eigenvalue weighted by Gasteiger charge is 2.19. The predicted octanol–water partition coefficient (Wildman–Crippen LogP) is 1.45. The molecule has 0 aliphatic carbocycles. The van der Waals surface area contributed by atoms with Gasteiger partial charge in [0.1, 0.15) is 5.82 Å². The van der Waals surface area contributed by atoms with Crippen LogP contribution < -0.4 is 5.32 Å². The first-order valence-corrected chi connectivity index (χ1v) is 5.58. The van der Waals surface area contributed by atoms with Gasteiger partial charge in [-0.3, -0.25) is 10.1 Å². The lowest BCUT2D eigenvalue weighted by Crippen LogP contribution is -1.97. The Labute approximate surface area is 98.4 Å². The van der Waals surface area contributed by atoms with Gasteiger partial charge in [0.05, 0.1) is 12.8 Å². The van der Waals surface area contributed by atoms with Crippen molar-refractivity contribution in [1.29, 1.82) is 0 Å². The average molecular weight is 231 g/mol. The molecule has 0 bridgehead atoms. The SMILES string of the molecule is c1cnc(Nc2cc(C3CCOC3)[nH]n2)cn1. The monoisotopic (exact) mass is 231 g/mol. The predicted molar refractivity (Wildman–Crippen MR) is 62.1 cm³/mol. The fourth-order valence-electron chi connectivity index (χ4n) is 1.88. The number of nitrogens with zero attached hydrogens (tertiary/aromatic N) is 3. The Morgan fingerprint density at radius 2 is 2.35 bits per heavy atom. The Morgan fingerprint density at radius 1 is 1.35 bits per heavy atom. The van der Waals surface area contributed by atoms with E-state index < -0.39 is 0 Å². The summed E-state index contributed by atoms with van der Waals surface area (Å²) in [6.45, 7) is 1.60. The van der Waals surface area contributed by atoms with Crippen LogP contribution in [-0.4, -0.2) is 33.4 Å². The maximum atomic E-state index is 5.35. The van der Waals surface area contributed by atoms with Crippen LogP contribution in [0.3, 0.4) is 0 Å². The van der Waals surface area contributed by atoms with Crippen molar-refractivity contribution in [3.63, 3.8) is 0 Å². The molecule has 0 amide bonds. The number of hydrogen-bond donors (Lipinski definition) is 2. The first-order valence-electron chi connectivity index (χ1n) is 5.58. The second-order valence-corrected chi connectivity index (χ2v) is 3.98. The molecule has 0 radical (unpaired) electrons. The molecule has 3 rings (SSSR count). The van der Waals surface area contributed by atoms with Crippen LogP contribution in [0.15, 0.2) is 24.7 Å². The molecule has 17 heavy (non-hydrogen) atoms. The van der Waals surface area contributed by atoms with Gasteiger partial charge in [-0.1, -0.05) is 0 Å². The van der Waals surface area contributed by atoms with Crippen molar-refractivity contribution >= 4 is 11.6 Å². The van der Waals surface area contributed by atoms with Crippen molar-refractivity contribution in [2.45, 2.75) is 12.3 Å². The highest BCUT2D eigenvalue weighted by Crippen LogP contribution is 2.25. The highest BCUT2D eigenvalue weighted by molar-refractivity contribution is 5.50. The van der Waals surface area contributed by atoms with E-state index in [-0.39, 0.29) is 0 Å². The van der Waals surface area contributed by atoms with E-state index in [1.54, 1.807) is 18.6 Å². The molecule has 6 heteroatoms. The van der Waals surface area contributed by atoms with Crippen LogP contribution in [0.25, 0.3) is 0 Å². The number of ether oxygens (including phenoxy) is 1. The summed E-state index contributed by atoms with van der Waals surface area (Å²) in [5, 5.41) is 10.3. The molecule has 0 aromatic carbocycles. The highest BCUT2D eigenvalue weighted by atomic mass is 16.5. The molecule has 1 aliphatic rings. The zero-order chi connectivity index (χ0) is 11.5. The van der Waals surface area contributed by atoms with Crippen molar-refractivity contribution in [2.24, 2.45) is 0 Å². The van der Waals surface area contributed by atoms with Crippen molar-refractivity contribution < 1.29 is 4.74 Å². The number of aromatic nitrogens is 4. The molecule has 88 valence electrons. The van der Waals surface area contributed by atoms with Gasteiger partial charge in [0.15, 0.2) is 5.82 Å². The van der Waals surface area contributed by atoms with Gasteiger partial charge in [-0.05, 0) is 6.42 Å². The summed E-state index contributed by atoms with van der Waals surface area (Å²) >= 11 is 0. The second-order valence-electron chi connectivity index (χ2n) is 3.98. The number of nitrogens with one attached hydrogen (secondary N) is 2. The first kappa shape index (κ1) is 10.2. The second kappa shape index (κ2) is 4.50. The Morgan fingerprint density at radius 3 is 3.12 bits per heavy atom. The lowest BCUT2D eigenvalue weighted by atomic mass is 10.1. The first-order chi connectivity index (χ1) is 8.42. The summed E-state index contributed by atoms with van der Waals surface area (Å²) in [5.41, 5.74) is 1.11. The average Bonchev–Trinajstić information content (AvgIpc) is 3.00. The third-order valence-electron chi connectivity index (χ3n) is 2.79. The van der Waals surface area contributed by atoms with E-state index in [4.69, 9.17) is 4.74 Å². The van der Waals surface area contributed by atoms with E-state index in [0.717, 1.165) is 31.1 Å². The van der Waals surface area contributed by atoms with Gasteiger partial charge in [0.2, 0.25) is 0 Å². The van der Waals surface area contributed by atoms with Crippen molar-refractivity contribution in [1.82, 2.24) is 20.2 Å². The number of hydrogen-bond acceptors (Lipinski definition) is 5. The maximum Gasteiger partial charge on any atom is 0.153 e. The fraction of sp³-hybridized carbons (Fsp3) is 0.364. The van der Waals surface area contributed by atoms with E-state index in [9.17, 15) is 0 Å². The minimum absolute atomic E-state index is 0.430. The third-order valence-corrected chi connectivity index (χ3v) is 2.79. The Bertz CT molecular complexity index is 478. The van der Waals surface area contributed by atoms with Crippen molar-refractivity contribution in [3.05, 3.63) is 30.4 Å². The molecule has 6 nitrogen and oxygen atoms in total. The van der Waals surface area contributed by atoms with Gasteiger partial charge >= 0.3 is 0 Å². The molecule has 2 aromatic rings. The summed E-state index contributed by atoms with van der Waals surface area (Å²) < 4.78 is 5.35. The van der Waals surface area contributed by atoms with Gasteiger partial charge in [0.25, 0.3) is 0 Å². The molecular weight excluding hydrogens is 218 g/mol. The zero-order valence-electron chi connectivity index (χ0n) is 9.26. The maximum absolute atomic E-state index is 5.35. The number of H-pyrrole nitrogens is 1. The van der Waals surface area contributed by atoms with E-state index in [1.165, 1.54) is 0 Å². The number of aromatic amines is 1. The van der Waals surface area contributed by atoms with Crippen LogP contribution >= 0.6 is 0 Å². The largest absolute Gasteiger partial charge is 0.381 e. The van der Waals surface area contributed by atoms with Crippen LogP contribution in [0.5, 0.6) is 0 Å². The molecule has 1 atom stereocenters. The molecule has 1 saturated heterocycles. The molecular formula is C11H13N5O. The number of anilines is 2. The zero-order valence-corrected chi connectivity index (χ0v) is 9.26. The van der Waals surface area contributed by atoms with Gasteiger partial charge in [-0.25, -0.2) is 4.98 Å². The minimum atomic E-state index is 0.430. The third kappa shape index (κ3) is 2.26. The molecule has 1 fully saturated rings. The molecule has 2 N–H and O–H groups in total.